The van der Waals surface area contributed by atoms with Gasteiger partial charge in [0.1, 0.15) is 34.9 Å². The van der Waals surface area contributed by atoms with Gasteiger partial charge in [0.2, 0.25) is 23.4 Å². The number of hydrogen-bond donors (Lipinski definition) is 9. The molecule has 12 atom stereocenters. The molecule has 380 valence electrons. The molecule has 6 aliphatic carbocycles. The number of phenolic OH excluding ortho intramolecular Hbond substituents is 1. The first kappa shape index (κ1) is 51.9. The first-order chi connectivity index (χ1) is 32.7. The van der Waals surface area contributed by atoms with E-state index in [-0.39, 0.29) is 47.5 Å². The van der Waals surface area contributed by atoms with Crippen molar-refractivity contribution in [1.29, 1.82) is 0 Å². The molecule has 20 heteroatoms. The Kier molecular flexibility index (Phi) is 13.9. The lowest BCUT2D eigenvalue weighted by molar-refractivity contribution is -0.185. The van der Waals surface area contributed by atoms with Crippen molar-refractivity contribution in [3.8, 4) is 11.5 Å². The lowest BCUT2D eigenvalue weighted by Gasteiger charge is -2.53. The van der Waals surface area contributed by atoms with E-state index in [0.717, 1.165) is 29.8 Å². The van der Waals surface area contributed by atoms with Crippen LogP contribution in [0.25, 0.3) is 11.5 Å². The minimum atomic E-state index is -2.64. The molecule has 0 saturated heterocycles. The van der Waals surface area contributed by atoms with Gasteiger partial charge in [-0.05, 0) is 108 Å². The Labute approximate surface area is 405 Å². The van der Waals surface area contributed by atoms with Crippen LogP contribution in [-0.4, -0.2) is 179 Å². The van der Waals surface area contributed by atoms with Gasteiger partial charge in [-0.2, -0.15) is 0 Å². The van der Waals surface area contributed by atoms with Crippen molar-refractivity contribution in [3.63, 3.8) is 0 Å². The van der Waals surface area contributed by atoms with Crippen molar-refractivity contribution in [2.24, 2.45) is 47.0 Å². The summed E-state index contributed by atoms with van der Waals surface area (Å²) in [7, 11) is 13.9. The molecule has 2 aromatic carbocycles. The zero-order valence-electron chi connectivity index (χ0n) is 41.0. The summed E-state index contributed by atoms with van der Waals surface area (Å²) < 4.78 is 5.97. The van der Waals surface area contributed by atoms with Crippen molar-refractivity contribution in [2.75, 3.05) is 72.8 Å². The third-order valence-corrected chi connectivity index (χ3v) is 15.6. The topological polar surface area (TPSA) is 318 Å². The lowest BCUT2D eigenvalue weighted by atomic mass is 9.54. The van der Waals surface area contributed by atoms with Crippen molar-refractivity contribution in [2.45, 2.75) is 80.9 Å². The van der Waals surface area contributed by atoms with Crippen molar-refractivity contribution in [3.05, 3.63) is 57.7 Å². The number of benzene rings is 2. The smallest absolute Gasteiger partial charge is 0.230 e. The van der Waals surface area contributed by atoms with Gasteiger partial charge in [0.15, 0.2) is 22.8 Å². The molecule has 6 aliphatic rings. The number of amides is 2. The zero-order valence-corrected chi connectivity index (χ0v) is 41.0. The number of carbonyl (C=O) groups is 6. The van der Waals surface area contributed by atoms with Crippen LogP contribution in [0.2, 0.25) is 0 Å². The Bertz CT molecular complexity index is 2610. The van der Waals surface area contributed by atoms with Crippen molar-refractivity contribution in [1.82, 2.24) is 9.80 Å². The number of anilines is 2. The van der Waals surface area contributed by atoms with Crippen LogP contribution in [0.4, 0.5) is 11.4 Å². The summed E-state index contributed by atoms with van der Waals surface area (Å²) in [6.45, 7) is 2.46. The first-order valence-corrected chi connectivity index (χ1v) is 23.5. The summed E-state index contributed by atoms with van der Waals surface area (Å²) in [4.78, 5) is 85.5. The Morgan fingerprint density at radius 1 is 0.657 bits per heavy atom. The first-order valence-electron chi connectivity index (χ1n) is 23.5. The van der Waals surface area contributed by atoms with E-state index in [9.17, 15) is 64.5 Å². The van der Waals surface area contributed by atoms with E-state index < -0.39 is 112 Å². The second-order valence-electron chi connectivity index (χ2n) is 20.5. The molecule has 0 heterocycles. The number of aromatic hydroxyl groups is 1. The molecule has 2 aromatic rings. The fourth-order valence-corrected chi connectivity index (χ4v) is 12.4. The van der Waals surface area contributed by atoms with Crippen molar-refractivity contribution < 1.29 is 69.2 Å². The number of aliphatic hydroxyl groups excluding tert-OH is 4. The summed E-state index contributed by atoms with van der Waals surface area (Å²) in [5.74, 6) is -13.7. The summed E-state index contributed by atoms with van der Waals surface area (Å²) in [5, 5.41) is 78.2. The van der Waals surface area contributed by atoms with Crippen LogP contribution in [0.1, 0.15) is 54.9 Å². The molecule has 8 rings (SSSR count). The Morgan fingerprint density at radius 2 is 1.06 bits per heavy atom. The largest absolute Gasteiger partial charge is 0.507 e. The summed E-state index contributed by atoms with van der Waals surface area (Å²) in [6.07, 6.45) is -0.367. The second-order valence-corrected chi connectivity index (χ2v) is 20.5. The van der Waals surface area contributed by atoms with Crippen LogP contribution in [0.5, 0.6) is 11.5 Å². The number of nitrogens with zero attached hydrogens (tertiary/aromatic N) is 4. The van der Waals surface area contributed by atoms with Gasteiger partial charge in [-0.3, -0.25) is 28.8 Å². The number of hydrogen-bond acceptors (Lipinski definition) is 18. The van der Waals surface area contributed by atoms with Crippen LogP contribution >= 0.6 is 0 Å². The lowest BCUT2D eigenvalue weighted by Crippen LogP contribution is -2.73. The molecular weight excluding hydrogens is 909 g/mol. The highest BCUT2D eigenvalue weighted by Gasteiger charge is 2.69. The monoisotopic (exact) mass is 974 g/mol. The predicted octanol–water partition coefficient (Wildman–Crippen LogP) is -0.137. The SMILES string of the molecule is CCCCOc1ccc(N(C)C)c2c1C(O)=C1C(=O)[C@]3(O)C(=O)C(C(N)=O)C(O)[C@@H](N(C)C)[C@@H]3C[C@@H]1C2.CN(C)c1ccc(O)c2c1C[C@H]1C[C@H]3[C@H](N(C)C)C(O)C(C(N)=O)C(=O)[C@@]3(O)C(=O)C1=C2O. The van der Waals surface area contributed by atoms with E-state index in [1.807, 2.05) is 51.0 Å². The molecule has 20 nitrogen and oxygen atoms in total. The van der Waals surface area contributed by atoms with Gasteiger partial charge in [-0.25, -0.2) is 0 Å². The maximum Gasteiger partial charge on any atom is 0.230 e. The molecule has 4 fully saturated rings. The number of primary amides is 2. The molecule has 70 heavy (non-hydrogen) atoms. The predicted molar refractivity (Wildman–Crippen MR) is 256 cm³/mol. The van der Waals surface area contributed by atoms with E-state index >= 15 is 0 Å². The standard InChI is InChI=1S/C27H37N3O7.C23H29N3O7/c1-6-7-10-37-17-9-8-16(29(2)3)14-11-13-12-15-21(30(4)5)23(32)20(26(28)35)25(34)27(15,36)24(33)18(13)22(31)19(14)17;1-25(2)12-5-6-13(27)15-10(12)7-9-8-11-17(26(3)4)19(29)16(22(24)32)21(31)23(11,33)20(30)14(9)18(15)28/h8-9,13,15,20-21,23,31-32,36H,6-7,10-12H2,1-5H3,(H2,28,35);5-6,9,11,16-17,19,27-29,33H,7-8H2,1-4H3,(H2,24,32)/t13-,15-,20?,21-,23?,27-;9-,11-,16?,17-,19?,23-/m00/s1. The molecule has 0 spiro atoms. The van der Waals surface area contributed by atoms with Crippen molar-refractivity contribution >= 4 is 57.8 Å². The van der Waals surface area contributed by atoms with Crippen LogP contribution in [0.3, 0.4) is 0 Å². The minimum absolute atomic E-state index is 0.0482. The second kappa shape index (κ2) is 18.7. The molecule has 2 amide bonds. The molecule has 0 aromatic heterocycles. The van der Waals surface area contributed by atoms with E-state index in [1.165, 1.54) is 6.07 Å². The summed E-state index contributed by atoms with van der Waals surface area (Å²) in [5.41, 5.74) is 8.88. The normalized spacial score (nSPS) is 32.2. The van der Waals surface area contributed by atoms with Gasteiger partial charge in [0.05, 0.1) is 29.9 Å². The van der Waals surface area contributed by atoms with E-state index in [0.29, 0.717) is 29.9 Å². The van der Waals surface area contributed by atoms with Gasteiger partial charge < -0.3 is 71.5 Å². The Balaban J connectivity index is 0.000000208. The van der Waals surface area contributed by atoms with E-state index in [4.69, 9.17) is 16.2 Å². The average molecular weight is 975 g/mol. The number of phenols is 1. The highest BCUT2D eigenvalue weighted by atomic mass is 16.5. The maximum atomic E-state index is 14.0. The zero-order chi connectivity index (χ0) is 52.0. The molecule has 0 aliphatic heterocycles. The number of carbonyl (C=O) groups excluding carboxylic acids is 6. The highest BCUT2D eigenvalue weighted by Crippen LogP contribution is 2.55. The molecule has 4 saturated carbocycles. The van der Waals surface area contributed by atoms with Crippen LogP contribution in [0, 0.1) is 35.5 Å². The summed E-state index contributed by atoms with van der Waals surface area (Å²) in [6, 6.07) is 4.99. The Hall–Kier alpha value is -5.90. The molecule has 0 radical (unpaired) electrons. The van der Waals surface area contributed by atoms with E-state index in [2.05, 4.69) is 0 Å². The van der Waals surface area contributed by atoms with Gasteiger partial charge in [0, 0.05) is 74.6 Å². The fourth-order valence-electron chi connectivity index (χ4n) is 12.4. The van der Waals surface area contributed by atoms with Crippen LogP contribution in [-0.2, 0) is 41.6 Å². The third-order valence-electron chi connectivity index (χ3n) is 15.6. The number of aliphatic hydroxyl groups is 6. The molecule has 4 unspecified atom stereocenters. The van der Waals surface area contributed by atoms with Gasteiger partial charge in [-0.15, -0.1) is 0 Å². The van der Waals surface area contributed by atoms with E-state index in [1.54, 1.807) is 50.1 Å². The minimum Gasteiger partial charge on any atom is -0.507 e. The third kappa shape index (κ3) is 7.74. The molecule has 11 N–H and O–H groups in total. The maximum absolute atomic E-state index is 14.0. The quantitative estimate of drug-likeness (QED) is 0.111. The molecular formula is C50H66N6O14. The number of Topliss-reactive ketones (excluding diaryl/α,β-unsaturated/α-hetero) is 4. The number of ether oxygens (including phenoxy) is 1. The number of nitrogens with two attached hydrogens (primary N) is 2. The van der Waals surface area contributed by atoms with Gasteiger partial charge in [0.25, 0.3) is 0 Å². The summed E-state index contributed by atoms with van der Waals surface area (Å²) >= 11 is 0. The number of unbranched alkanes of at least 4 members (excludes halogenated alkanes) is 1. The van der Waals surface area contributed by atoms with Crippen LogP contribution in [0.15, 0.2) is 35.4 Å². The fraction of sp³-hybridized carbons (Fsp3) is 0.560. The average Bonchev–Trinajstić information content (AvgIpc) is 3.25. The van der Waals surface area contributed by atoms with Gasteiger partial charge in [-0.1, -0.05) is 13.3 Å². The number of ketones is 4. The number of rotatable bonds is 10. The highest BCUT2D eigenvalue weighted by molar-refractivity contribution is 6.26. The van der Waals surface area contributed by atoms with Crippen LogP contribution < -0.4 is 26.0 Å². The number of fused-ring (bicyclic) bond motifs is 6. The Morgan fingerprint density at radius 3 is 1.44 bits per heavy atom. The number of likely N-dealkylation sites (N-methyl/N-ethyl adjacent to an activating group) is 2. The van der Waals surface area contributed by atoms with Gasteiger partial charge >= 0.3 is 0 Å². The molecule has 0 bridgehead atoms.